The minimum Gasteiger partial charge on any atom is -0.394 e. The molecule has 2 saturated carbocycles. The molecule has 0 spiro atoms. The van der Waals surface area contributed by atoms with Crippen molar-refractivity contribution in [1.29, 1.82) is 0 Å². The van der Waals surface area contributed by atoms with E-state index in [-0.39, 0.29) is 0 Å². The fourth-order valence-corrected chi connectivity index (χ4v) is 10.5. The Bertz CT molecular complexity index is 304. The summed E-state index contributed by atoms with van der Waals surface area (Å²) in [6, 6.07) is 0. The van der Waals surface area contributed by atoms with Crippen LogP contribution in [0, 0.1) is 17.8 Å². The molecule has 124 valence electrons. The highest BCUT2D eigenvalue weighted by Crippen LogP contribution is 2.53. The summed E-state index contributed by atoms with van der Waals surface area (Å²) in [7, 11) is -2.09. The molecule has 0 saturated heterocycles. The minimum atomic E-state index is -2.09. The molecule has 0 radical (unpaired) electrons. The molecule has 0 amide bonds. The molecule has 0 bridgehead atoms. The zero-order valence-corrected chi connectivity index (χ0v) is 15.9. The molecular weight excluding hydrogens is 276 g/mol. The van der Waals surface area contributed by atoms with Crippen molar-refractivity contribution in [3.05, 3.63) is 0 Å². The van der Waals surface area contributed by atoms with E-state index in [2.05, 4.69) is 34.6 Å². The molecule has 4 unspecified atom stereocenters. The minimum absolute atomic E-state index is 0.714. The Balaban J connectivity index is 2.24. The first-order valence-corrected chi connectivity index (χ1v) is 11.3. The second kappa shape index (κ2) is 7.61. The van der Waals surface area contributed by atoms with Crippen molar-refractivity contribution >= 4 is 8.56 Å². The van der Waals surface area contributed by atoms with Gasteiger partial charge in [0.15, 0.2) is 0 Å². The third-order valence-corrected chi connectivity index (χ3v) is 10.5. The van der Waals surface area contributed by atoms with Gasteiger partial charge < -0.3 is 8.85 Å². The lowest BCUT2D eigenvalue weighted by Crippen LogP contribution is -2.52. The Kier molecular flexibility index (Phi) is 6.34. The van der Waals surface area contributed by atoms with Gasteiger partial charge >= 0.3 is 8.56 Å². The first-order chi connectivity index (χ1) is 10.0. The smallest absolute Gasteiger partial charge is 0.344 e. The maximum absolute atomic E-state index is 6.56. The number of hydrogen-bond donors (Lipinski definition) is 0. The largest absolute Gasteiger partial charge is 0.394 e. The van der Waals surface area contributed by atoms with E-state index in [0.29, 0.717) is 5.54 Å². The molecule has 2 fully saturated rings. The quantitative estimate of drug-likeness (QED) is 0.601. The third kappa shape index (κ3) is 3.91. The molecule has 2 rings (SSSR count). The van der Waals surface area contributed by atoms with Crippen molar-refractivity contribution in [2.45, 2.75) is 84.2 Å². The van der Waals surface area contributed by atoms with E-state index in [1.807, 2.05) is 0 Å². The van der Waals surface area contributed by atoms with Gasteiger partial charge in [0.2, 0.25) is 0 Å². The average molecular weight is 313 g/mol. The van der Waals surface area contributed by atoms with Crippen LogP contribution in [-0.4, -0.2) is 21.8 Å². The normalized spacial score (nSPS) is 37.9. The van der Waals surface area contributed by atoms with Crippen molar-refractivity contribution in [3.8, 4) is 0 Å². The fourth-order valence-electron chi connectivity index (χ4n) is 5.15. The second-order valence-electron chi connectivity index (χ2n) is 7.82. The Morgan fingerprint density at radius 3 is 1.67 bits per heavy atom. The molecule has 0 heterocycles. The van der Waals surface area contributed by atoms with Crippen molar-refractivity contribution in [2.75, 3.05) is 13.2 Å². The fraction of sp³-hybridized carbons (Fsp3) is 1.00. The monoisotopic (exact) mass is 312 g/mol. The van der Waals surface area contributed by atoms with Crippen LogP contribution in [0.2, 0.25) is 11.1 Å². The van der Waals surface area contributed by atoms with Gasteiger partial charge in [-0.05, 0) is 63.7 Å². The second-order valence-corrected chi connectivity index (χ2v) is 11.5. The maximum Gasteiger partial charge on any atom is 0.344 e. The summed E-state index contributed by atoms with van der Waals surface area (Å²) in [6.07, 6.45) is 8.11. The summed E-state index contributed by atoms with van der Waals surface area (Å²) in [5.41, 5.74) is 1.45. The van der Waals surface area contributed by atoms with Crippen LogP contribution >= 0.6 is 0 Å². The first-order valence-electron chi connectivity index (χ1n) is 9.29. The number of rotatable bonds is 6. The zero-order chi connectivity index (χ0) is 15.5. The van der Waals surface area contributed by atoms with Gasteiger partial charge in [0.1, 0.15) is 0 Å². The predicted octanol–water partition coefficient (Wildman–Crippen LogP) is 5.52. The molecule has 21 heavy (non-hydrogen) atoms. The Hall–Kier alpha value is 0.137. The summed E-state index contributed by atoms with van der Waals surface area (Å²) in [5, 5.41) is 0. The van der Waals surface area contributed by atoms with E-state index in [4.69, 9.17) is 8.85 Å². The van der Waals surface area contributed by atoms with Gasteiger partial charge in [0, 0.05) is 24.3 Å². The zero-order valence-electron chi connectivity index (χ0n) is 14.9. The molecule has 0 aliphatic heterocycles. The first kappa shape index (κ1) is 17.5. The van der Waals surface area contributed by atoms with Crippen LogP contribution in [0.4, 0.5) is 0 Å². The molecule has 0 aromatic rings. The molecule has 0 N–H and O–H groups in total. The Morgan fingerprint density at radius 1 is 0.714 bits per heavy atom. The van der Waals surface area contributed by atoms with Gasteiger partial charge in [-0.2, -0.15) is 0 Å². The predicted molar refractivity (Wildman–Crippen MR) is 91.7 cm³/mol. The van der Waals surface area contributed by atoms with Gasteiger partial charge in [-0.1, -0.05) is 27.2 Å². The van der Waals surface area contributed by atoms with Gasteiger partial charge in [0.25, 0.3) is 0 Å². The molecule has 4 atom stereocenters. The molecule has 0 aromatic carbocycles. The summed E-state index contributed by atoms with van der Waals surface area (Å²) in [5.74, 6) is 2.54. The van der Waals surface area contributed by atoms with Crippen LogP contribution in [0.5, 0.6) is 0 Å². The van der Waals surface area contributed by atoms with Crippen LogP contribution in [-0.2, 0) is 8.85 Å². The molecular formula is C18H36O2Si. The van der Waals surface area contributed by atoms with Gasteiger partial charge in [0.05, 0.1) is 0 Å². The Labute approximate surface area is 133 Å². The van der Waals surface area contributed by atoms with Crippen molar-refractivity contribution in [3.63, 3.8) is 0 Å². The SMILES string of the molecule is CCO[Si](OCC)(C1CCC(C)C1)C1CC(C)CC(C)C1. The van der Waals surface area contributed by atoms with E-state index in [9.17, 15) is 0 Å². The third-order valence-electron chi connectivity index (χ3n) is 5.75. The molecule has 2 aliphatic rings. The standard InChI is InChI=1S/C18H36O2Si/c1-6-19-21(20-7-2,17-9-8-14(3)11-17)18-12-15(4)10-16(5)13-18/h14-18H,6-13H2,1-5H3. The van der Waals surface area contributed by atoms with Crippen LogP contribution in [0.25, 0.3) is 0 Å². The molecule has 2 aliphatic carbocycles. The summed E-state index contributed by atoms with van der Waals surface area (Å²) in [6.45, 7) is 13.2. The number of hydrogen-bond acceptors (Lipinski definition) is 2. The van der Waals surface area contributed by atoms with E-state index < -0.39 is 8.56 Å². The highest BCUT2D eigenvalue weighted by molar-refractivity contribution is 6.70. The van der Waals surface area contributed by atoms with E-state index >= 15 is 0 Å². The van der Waals surface area contributed by atoms with E-state index in [0.717, 1.165) is 36.5 Å². The average Bonchev–Trinajstić information content (AvgIpc) is 2.84. The van der Waals surface area contributed by atoms with Crippen molar-refractivity contribution in [1.82, 2.24) is 0 Å². The summed E-state index contributed by atoms with van der Waals surface area (Å²) < 4.78 is 13.1. The van der Waals surface area contributed by atoms with Crippen LogP contribution < -0.4 is 0 Å². The highest BCUT2D eigenvalue weighted by Gasteiger charge is 2.54. The molecule has 0 aromatic heterocycles. The lowest BCUT2D eigenvalue weighted by Gasteiger charge is -2.45. The lowest BCUT2D eigenvalue weighted by molar-refractivity contribution is 0.140. The van der Waals surface area contributed by atoms with Crippen molar-refractivity contribution in [2.24, 2.45) is 17.8 Å². The lowest BCUT2D eigenvalue weighted by atomic mass is 9.83. The van der Waals surface area contributed by atoms with Crippen molar-refractivity contribution < 1.29 is 8.85 Å². The highest BCUT2D eigenvalue weighted by atomic mass is 28.4. The van der Waals surface area contributed by atoms with Gasteiger partial charge in [-0.15, -0.1) is 0 Å². The molecule has 2 nitrogen and oxygen atoms in total. The van der Waals surface area contributed by atoms with Crippen LogP contribution in [0.15, 0.2) is 0 Å². The van der Waals surface area contributed by atoms with Crippen LogP contribution in [0.3, 0.4) is 0 Å². The van der Waals surface area contributed by atoms with Crippen LogP contribution in [0.1, 0.15) is 73.1 Å². The maximum atomic E-state index is 6.56. The van der Waals surface area contributed by atoms with Gasteiger partial charge in [-0.3, -0.25) is 0 Å². The molecule has 3 heteroatoms. The van der Waals surface area contributed by atoms with Gasteiger partial charge in [-0.25, -0.2) is 0 Å². The Morgan fingerprint density at radius 2 is 1.24 bits per heavy atom. The topological polar surface area (TPSA) is 18.5 Å². The van der Waals surface area contributed by atoms with E-state index in [1.165, 1.54) is 38.5 Å². The summed E-state index contributed by atoms with van der Waals surface area (Å²) >= 11 is 0. The van der Waals surface area contributed by atoms with E-state index in [1.54, 1.807) is 0 Å². The summed E-state index contributed by atoms with van der Waals surface area (Å²) in [4.78, 5) is 0.